The van der Waals surface area contributed by atoms with Gasteiger partial charge < -0.3 is 11.1 Å². The number of anilines is 2. The maximum atomic E-state index is 11.8. The van der Waals surface area contributed by atoms with Crippen molar-refractivity contribution in [1.82, 2.24) is 4.72 Å². The molecular weight excluding hydrogens is 274 g/mol. The second kappa shape index (κ2) is 5.26. The number of nitrogens with one attached hydrogen (secondary N) is 2. The van der Waals surface area contributed by atoms with Gasteiger partial charge in [-0.15, -0.1) is 0 Å². The summed E-state index contributed by atoms with van der Waals surface area (Å²) in [7, 11) is -2.12. The van der Waals surface area contributed by atoms with Crippen LogP contribution in [0.15, 0.2) is 23.1 Å². The van der Waals surface area contributed by atoms with Crippen LogP contribution in [-0.4, -0.2) is 21.5 Å². The fraction of sp³-hybridized carbons (Fsp3) is 0.571. The van der Waals surface area contributed by atoms with Crippen LogP contribution in [0, 0.1) is 5.41 Å². The second-order valence-electron chi connectivity index (χ2n) is 6.21. The third-order valence-electron chi connectivity index (χ3n) is 3.91. The number of nitrogens with two attached hydrogens (primary N) is 1. The molecule has 0 heterocycles. The third-order valence-corrected chi connectivity index (χ3v) is 5.40. The van der Waals surface area contributed by atoms with Gasteiger partial charge in [0.25, 0.3) is 0 Å². The van der Waals surface area contributed by atoms with Crippen molar-refractivity contribution in [3.63, 3.8) is 0 Å². The van der Waals surface area contributed by atoms with Crippen molar-refractivity contribution in [1.29, 1.82) is 0 Å². The van der Waals surface area contributed by atoms with Gasteiger partial charge in [-0.05, 0) is 49.9 Å². The third kappa shape index (κ3) is 3.24. The molecule has 0 aliphatic heterocycles. The number of hydrogen-bond donors (Lipinski definition) is 3. The molecule has 1 unspecified atom stereocenters. The van der Waals surface area contributed by atoms with Crippen LogP contribution in [0.3, 0.4) is 0 Å². The van der Waals surface area contributed by atoms with Gasteiger partial charge in [0.2, 0.25) is 10.0 Å². The summed E-state index contributed by atoms with van der Waals surface area (Å²) in [5.41, 5.74) is 7.37. The van der Waals surface area contributed by atoms with E-state index in [1.165, 1.54) is 13.5 Å². The van der Waals surface area contributed by atoms with E-state index in [0.717, 1.165) is 18.5 Å². The maximum absolute atomic E-state index is 11.8. The van der Waals surface area contributed by atoms with Crippen molar-refractivity contribution < 1.29 is 8.42 Å². The van der Waals surface area contributed by atoms with E-state index in [4.69, 9.17) is 5.73 Å². The minimum atomic E-state index is -3.49. The highest BCUT2D eigenvalue weighted by Crippen LogP contribution is 2.38. The lowest BCUT2D eigenvalue weighted by Gasteiger charge is -2.19. The summed E-state index contributed by atoms with van der Waals surface area (Å²) >= 11 is 0. The first-order valence-corrected chi connectivity index (χ1v) is 8.31. The molecule has 6 heteroatoms. The van der Waals surface area contributed by atoms with Gasteiger partial charge in [0, 0.05) is 11.7 Å². The Morgan fingerprint density at radius 3 is 2.55 bits per heavy atom. The lowest BCUT2D eigenvalue weighted by molar-refractivity contribution is 0.378. The summed E-state index contributed by atoms with van der Waals surface area (Å²) in [6, 6.07) is 5.43. The summed E-state index contributed by atoms with van der Waals surface area (Å²) in [6.45, 7) is 4.54. The normalized spacial score (nSPS) is 21.9. The van der Waals surface area contributed by atoms with Crippen LogP contribution in [0.1, 0.15) is 33.1 Å². The zero-order chi connectivity index (χ0) is 15.0. The average molecular weight is 297 g/mol. The molecule has 112 valence electrons. The number of hydrogen-bond acceptors (Lipinski definition) is 4. The van der Waals surface area contributed by atoms with E-state index in [1.54, 1.807) is 18.2 Å². The van der Waals surface area contributed by atoms with Gasteiger partial charge in [0.15, 0.2) is 0 Å². The molecule has 1 aromatic carbocycles. The molecule has 2 rings (SSSR count). The molecule has 1 aliphatic carbocycles. The van der Waals surface area contributed by atoms with E-state index in [0.29, 0.717) is 11.5 Å². The molecule has 0 amide bonds. The SMILES string of the molecule is CNS(=O)(=O)c1ccc(NC2CCC(C)(C)C2)cc1N. The van der Waals surface area contributed by atoms with Crippen LogP contribution < -0.4 is 15.8 Å². The molecule has 0 radical (unpaired) electrons. The first-order chi connectivity index (χ1) is 9.23. The van der Waals surface area contributed by atoms with E-state index in [9.17, 15) is 8.42 Å². The smallest absolute Gasteiger partial charge is 0.242 e. The van der Waals surface area contributed by atoms with Gasteiger partial charge in [0.1, 0.15) is 4.90 Å². The molecule has 5 nitrogen and oxygen atoms in total. The van der Waals surface area contributed by atoms with Crippen molar-refractivity contribution in [3.05, 3.63) is 18.2 Å². The van der Waals surface area contributed by atoms with Gasteiger partial charge in [-0.1, -0.05) is 13.8 Å². The number of sulfonamides is 1. The van der Waals surface area contributed by atoms with Gasteiger partial charge >= 0.3 is 0 Å². The molecule has 20 heavy (non-hydrogen) atoms. The lowest BCUT2D eigenvalue weighted by Crippen LogP contribution is -2.21. The zero-order valence-corrected chi connectivity index (χ0v) is 13.0. The Kier molecular flexibility index (Phi) is 3.97. The molecule has 0 bridgehead atoms. The topological polar surface area (TPSA) is 84.2 Å². The van der Waals surface area contributed by atoms with Gasteiger partial charge in [-0.25, -0.2) is 13.1 Å². The Labute approximate surface area is 121 Å². The molecule has 1 fully saturated rings. The van der Waals surface area contributed by atoms with Gasteiger partial charge in [0.05, 0.1) is 5.69 Å². The van der Waals surface area contributed by atoms with Crippen LogP contribution in [-0.2, 0) is 10.0 Å². The average Bonchev–Trinajstić information content (AvgIpc) is 2.68. The molecular formula is C14H23N3O2S. The van der Waals surface area contributed by atoms with Crippen LogP contribution in [0.4, 0.5) is 11.4 Å². The molecule has 4 N–H and O–H groups in total. The van der Waals surface area contributed by atoms with Crippen LogP contribution in [0.2, 0.25) is 0 Å². The predicted molar refractivity (Wildman–Crippen MR) is 82.1 cm³/mol. The zero-order valence-electron chi connectivity index (χ0n) is 12.2. The molecule has 1 atom stereocenters. The van der Waals surface area contributed by atoms with E-state index in [2.05, 4.69) is 23.9 Å². The van der Waals surface area contributed by atoms with E-state index in [1.807, 2.05) is 0 Å². The van der Waals surface area contributed by atoms with Crippen LogP contribution >= 0.6 is 0 Å². The number of nitrogen functional groups attached to an aromatic ring is 1. The molecule has 1 saturated carbocycles. The number of benzene rings is 1. The van der Waals surface area contributed by atoms with Gasteiger partial charge in [-0.3, -0.25) is 0 Å². The Bertz CT molecular complexity index is 596. The van der Waals surface area contributed by atoms with E-state index in [-0.39, 0.29) is 10.6 Å². The Morgan fingerprint density at radius 2 is 2.05 bits per heavy atom. The summed E-state index contributed by atoms with van der Waals surface area (Å²) in [5.74, 6) is 0. The molecule has 0 aromatic heterocycles. The van der Waals surface area contributed by atoms with Crippen molar-refractivity contribution in [2.75, 3.05) is 18.1 Å². The first kappa shape index (κ1) is 15.1. The standard InChI is InChI=1S/C14H23N3O2S/c1-14(2)7-6-11(9-14)17-10-4-5-13(12(15)8-10)20(18,19)16-3/h4-5,8,11,16-17H,6-7,9,15H2,1-3H3. The lowest BCUT2D eigenvalue weighted by atomic mass is 9.92. The number of rotatable bonds is 4. The summed E-state index contributed by atoms with van der Waals surface area (Å²) in [4.78, 5) is 0.123. The van der Waals surface area contributed by atoms with E-state index >= 15 is 0 Å². The van der Waals surface area contributed by atoms with Crippen LogP contribution in [0.25, 0.3) is 0 Å². The first-order valence-electron chi connectivity index (χ1n) is 6.83. The summed E-state index contributed by atoms with van der Waals surface area (Å²) < 4.78 is 25.8. The highest BCUT2D eigenvalue weighted by Gasteiger charge is 2.30. The van der Waals surface area contributed by atoms with Crippen molar-refractivity contribution in [2.24, 2.45) is 5.41 Å². The monoisotopic (exact) mass is 297 g/mol. The fourth-order valence-corrected chi connectivity index (χ4v) is 3.62. The largest absolute Gasteiger partial charge is 0.398 e. The van der Waals surface area contributed by atoms with Gasteiger partial charge in [-0.2, -0.15) is 0 Å². The molecule has 0 spiro atoms. The minimum Gasteiger partial charge on any atom is -0.398 e. The van der Waals surface area contributed by atoms with Crippen LogP contribution in [0.5, 0.6) is 0 Å². The highest BCUT2D eigenvalue weighted by molar-refractivity contribution is 7.89. The maximum Gasteiger partial charge on any atom is 0.242 e. The Balaban J connectivity index is 2.14. The Hall–Kier alpha value is -1.27. The van der Waals surface area contributed by atoms with Crippen molar-refractivity contribution in [2.45, 2.75) is 44.0 Å². The molecule has 0 saturated heterocycles. The molecule has 1 aromatic rings. The second-order valence-corrected chi connectivity index (χ2v) is 8.06. The fourth-order valence-electron chi connectivity index (χ4n) is 2.79. The quantitative estimate of drug-likeness (QED) is 0.744. The van der Waals surface area contributed by atoms with E-state index < -0.39 is 10.0 Å². The summed E-state index contributed by atoms with van der Waals surface area (Å²) in [6.07, 6.45) is 3.44. The minimum absolute atomic E-state index is 0.123. The Morgan fingerprint density at radius 1 is 1.35 bits per heavy atom. The molecule has 1 aliphatic rings. The highest BCUT2D eigenvalue weighted by atomic mass is 32.2. The van der Waals surface area contributed by atoms with Crippen molar-refractivity contribution in [3.8, 4) is 0 Å². The predicted octanol–water partition coefficient (Wildman–Crippen LogP) is 2.17. The summed E-state index contributed by atoms with van der Waals surface area (Å²) in [5, 5.41) is 3.44. The van der Waals surface area contributed by atoms with Crippen molar-refractivity contribution >= 4 is 21.4 Å².